The third-order valence-corrected chi connectivity index (χ3v) is 6.40. The SMILES string of the molecule is Cc1ccc(NC(=O)C(=O)[C@@H](C(=O)c2ccccc2-c2ccccc2)[C@@H]2OC(=O)c3ccccc32)cc1. The first-order valence-corrected chi connectivity index (χ1v) is 11.8. The van der Waals surface area contributed by atoms with Crippen LogP contribution in [-0.4, -0.2) is 23.4 Å². The van der Waals surface area contributed by atoms with Crippen molar-refractivity contribution in [2.75, 3.05) is 5.32 Å². The van der Waals surface area contributed by atoms with Crippen molar-refractivity contribution in [3.8, 4) is 11.1 Å². The summed E-state index contributed by atoms with van der Waals surface area (Å²) in [5.41, 5.74) is 3.74. The molecule has 4 aromatic rings. The highest BCUT2D eigenvalue weighted by Gasteiger charge is 2.46. The van der Waals surface area contributed by atoms with Crippen molar-refractivity contribution < 1.29 is 23.9 Å². The molecule has 1 heterocycles. The highest BCUT2D eigenvalue weighted by atomic mass is 16.5. The van der Waals surface area contributed by atoms with Gasteiger partial charge in [-0.3, -0.25) is 14.4 Å². The van der Waals surface area contributed by atoms with Crippen LogP contribution in [0.5, 0.6) is 0 Å². The van der Waals surface area contributed by atoms with Crippen molar-refractivity contribution >= 4 is 29.1 Å². The first-order valence-electron chi connectivity index (χ1n) is 11.8. The number of amides is 1. The van der Waals surface area contributed by atoms with Gasteiger partial charge in [-0.15, -0.1) is 0 Å². The van der Waals surface area contributed by atoms with Gasteiger partial charge in [0.1, 0.15) is 12.0 Å². The lowest BCUT2D eigenvalue weighted by Gasteiger charge is -2.22. The van der Waals surface area contributed by atoms with Crippen LogP contribution in [0.1, 0.15) is 37.9 Å². The molecule has 0 saturated carbocycles. The average Bonchev–Trinajstić information content (AvgIpc) is 3.26. The molecule has 0 fully saturated rings. The number of ketones is 2. The molecule has 0 saturated heterocycles. The largest absolute Gasteiger partial charge is 0.453 e. The number of carbonyl (C=O) groups is 4. The Labute approximate surface area is 213 Å². The van der Waals surface area contributed by atoms with E-state index in [1.807, 2.05) is 37.3 Å². The monoisotopic (exact) mass is 489 g/mol. The molecule has 0 spiro atoms. The summed E-state index contributed by atoms with van der Waals surface area (Å²) < 4.78 is 5.56. The molecule has 6 nitrogen and oxygen atoms in total. The van der Waals surface area contributed by atoms with Crippen LogP contribution in [0.4, 0.5) is 5.69 Å². The predicted molar refractivity (Wildman–Crippen MR) is 139 cm³/mol. The Kier molecular flexibility index (Phi) is 6.47. The number of Topliss-reactive ketones (excluding diaryl/α,β-unsaturated/α-hetero) is 2. The summed E-state index contributed by atoms with van der Waals surface area (Å²) in [5.74, 6) is -4.75. The number of cyclic esters (lactones) is 1. The van der Waals surface area contributed by atoms with E-state index >= 15 is 0 Å². The van der Waals surface area contributed by atoms with Gasteiger partial charge in [-0.05, 0) is 36.2 Å². The Balaban J connectivity index is 1.57. The number of aryl methyl sites for hydroxylation is 1. The second kappa shape index (κ2) is 10.0. The van der Waals surface area contributed by atoms with E-state index in [9.17, 15) is 19.2 Å². The maximum absolute atomic E-state index is 14.1. The fourth-order valence-corrected chi connectivity index (χ4v) is 4.52. The number of hydrogen-bond acceptors (Lipinski definition) is 5. The Morgan fingerprint density at radius 2 is 1.38 bits per heavy atom. The Hall–Kier alpha value is -4.84. The Morgan fingerprint density at radius 1 is 0.757 bits per heavy atom. The van der Waals surface area contributed by atoms with Gasteiger partial charge in [0.2, 0.25) is 5.78 Å². The maximum Gasteiger partial charge on any atom is 0.339 e. The molecular weight excluding hydrogens is 466 g/mol. The topological polar surface area (TPSA) is 89.5 Å². The van der Waals surface area contributed by atoms with Gasteiger partial charge in [0.05, 0.1) is 5.56 Å². The van der Waals surface area contributed by atoms with Gasteiger partial charge < -0.3 is 10.1 Å². The number of carbonyl (C=O) groups excluding carboxylic acids is 4. The summed E-state index contributed by atoms with van der Waals surface area (Å²) in [6, 6.07) is 29.7. The number of benzene rings is 4. The molecule has 1 aliphatic rings. The molecule has 0 bridgehead atoms. The van der Waals surface area contributed by atoms with E-state index in [2.05, 4.69) is 5.32 Å². The lowest BCUT2D eigenvalue weighted by Crippen LogP contribution is -2.38. The summed E-state index contributed by atoms with van der Waals surface area (Å²) >= 11 is 0. The van der Waals surface area contributed by atoms with Crippen molar-refractivity contribution in [2.45, 2.75) is 13.0 Å². The van der Waals surface area contributed by atoms with Crippen LogP contribution in [0.3, 0.4) is 0 Å². The zero-order valence-corrected chi connectivity index (χ0v) is 20.0. The molecule has 0 aliphatic carbocycles. The normalized spacial score (nSPS) is 14.8. The molecule has 1 amide bonds. The zero-order valence-electron chi connectivity index (χ0n) is 20.0. The molecule has 0 unspecified atom stereocenters. The van der Waals surface area contributed by atoms with Crippen molar-refractivity contribution in [2.24, 2.45) is 5.92 Å². The van der Waals surface area contributed by atoms with Gasteiger partial charge in [-0.1, -0.05) is 90.5 Å². The minimum atomic E-state index is -1.57. The number of hydrogen-bond donors (Lipinski definition) is 1. The summed E-state index contributed by atoms with van der Waals surface area (Å²) in [6.07, 6.45) is -1.23. The molecule has 2 atom stereocenters. The zero-order chi connectivity index (χ0) is 25.9. The lowest BCUT2D eigenvalue weighted by molar-refractivity contribution is -0.138. The van der Waals surface area contributed by atoms with Crippen molar-refractivity contribution in [3.05, 3.63) is 125 Å². The molecular formula is C31H23NO5. The fourth-order valence-electron chi connectivity index (χ4n) is 4.52. The molecule has 37 heavy (non-hydrogen) atoms. The van der Waals surface area contributed by atoms with Crippen molar-refractivity contribution in [3.63, 3.8) is 0 Å². The molecule has 1 N–H and O–H groups in total. The minimum absolute atomic E-state index is 0.260. The number of rotatable bonds is 7. The second-order valence-electron chi connectivity index (χ2n) is 8.85. The van der Waals surface area contributed by atoms with E-state index in [4.69, 9.17) is 4.74 Å². The third-order valence-electron chi connectivity index (χ3n) is 6.40. The average molecular weight is 490 g/mol. The third kappa shape index (κ3) is 4.69. The predicted octanol–water partition coefficient (Wildman–Crippen LogP) is 5.58. The van der Waals surface area contributed by atoms with Crippen LogP contribution >= 0.6 is 0 Å². The lowest BCUT2D eigenvalue weighted by atomic mass is 9.82. The molecule has 1 aliphatic heterocycles. The standard InChI is InChI=1S/C31H23NO5/c1-19-15-17-21(18-16-19)32-30(35)28(34)26(29-24-13-7-8-14-25(24)31(36)37-29)27(33)23-12-6-5-11-22(23)20-9-3-2-4-10-20/h2-18,26,29H,1H3,(H,32,35)/t26-,29-/m1/s1. The van der Waals surface area contributed by atoms with Gasteiger partial charge in [-0.25, -0.2) is 4.79 Å². The molecule has 6 heteroatoms. The molecule has 4 aromatic carbocycles. The summed E-state index contributed by atoms with van der Waals surface area (Å²) in [7, 11) is 0. The summed E-state index contributed by atoms with van der Waals surface area (Å²) in [6.45, 7) is 1.90. The van der Waals surface area contributed by atoms with Crippen molar-refractivity contribution in [1.82, 2.24) is 0 Å². The van der Waals surface area contributed by atoms with E-state index < -0.39 is 35.5 Å². The summed E-state index contributed by atoms with van der Waals surface area (Å²) in [4.78, 5) is 53.5. The number of nitrogens with one attached hydrogen (secondary N) is 1. The van der Waals surface area contributed by atoms with Gasteiger partial charge in [0.15, 0.2) is 5.78 Å². The van der Waals surface area contributed by atoms with E-state index in [-0.39, 0.29) is 11.1 Å². The number of fused-ring (bicyclic) bond motifs is 1. The van der Waals surface area contributed by atoms with Crippen molar-refractivity contribution in [1.29, 1.82) is 0 Å². The van der Waals surface area contributed by atoms with Crippen LogP contribution in [0.25, 0.3) is 11.1 Å². The fraction of sp³-hybridized carbons (Fsp3) is 0.0968. The molecule has 0 radical (unpaired) electrons. The second-order valence-corrected chi connectivity index (χ2v) is 8.85. The molecule has 0 aromatic heterocycles. The first kappa shape index (κ1) is 23.9. The highest BCUT2D eigenvalue weighted by molar-refractivity contribution is 6.45. The quantitative estimate of drug-likeness (QED) is 0.158. The number of esters is 1. The number of ether oxygens (including phenoxy) is 1. The van der Waals surface area contributed by atoms with Crippen LogP contribution < -0.4 is 5.32 Å². The minimum Gasteiger partial charge on any atom is -0.453 e. The van der Waals surface area contributed by atoms with Gasteiger partial charge in [-0.2, -0.15) is 0 Å². The number of anilines is 1. The van der Waals surface area contributed by atoms with Crippen LogP contribution in [0.15, 0.2) is 103 Å². The molecule has 182 valence electrons. The van der Waals surface area contributed by atoms with Crippen LogP contribution in [0.2, 0.25) is 0 Å². The molecule has 5 rings (SSSR count). The van der Waals surface area contributed by atoms with Gasteiger partial charge in [0.25, 0.3) is 5.91 Å². The van der Waals surface area contributed by atoms with Gasteiger partial charge in [0, 0.05) is 16.8 Å². The Bertz CT molecular complexity index is 1510. The van der Waals surface area contributed by atoms with E-state index in [1.165, 1.54) is 0 Å². The van der Waals surface area contributed by atoms with Crippen LogP contribution in [-0.2, 0) is 14.3 Å². The first-order chi connectivity index (χ1) is 17.9. The van der Waals surface area contributed by atoms with Gasteiger partial charge >= 0.3 is 5.97 Å². The maximum atomic E-state index is 14.1. The van der Waals surface area contributed by atoms with E-state index in [0.29, 0.717) is 16.8 Å². The van der Waals surface area contributed by atoms with E-state index in [0.717, 1.165) is 11.1 Å². The smallest absolute Gasteiger partial charge is 0.339 e. The Morgan fingerprint density at radius 3 is 2.11 bits per heavy atom. The van der Waals surface area contributed by atoms with E-state index in [1.54, 1.807) is 72.8 Å². The summed E-state index contributed by atoms with van der Waals surface area (Å²) in [5, 5.41) is 2.58. The highest BCUT2D eigenvalue weighted by Crippen LogP contribution is 2.39. The van der Waals surface area contributed by atoms with Crippen LogP contribution in [0, 0.1) is 12.8 Å².